The van der Waals surface area contributed by atoms with Gasteiger partial charge in [0.05, 0.1) is 25.3 Å². The topological polar surface area (TPSA) is 175 Å². The van der Waals surface area contributed by atoms with Gasteiger partial charge in [-0.25, -0.2) is 18.3 Å². The van der Waals surface area contributed by atoms with Crippen molar-refractivity contribution >= 4 is 22.4 Å². The van der Waals surface area contributed by atoms with Gasteiger partial charge in [0.25, 0.3) is 6.47 Å². The number of H-pyrrole nitrogens is 2. The Balaban J connectivity index is 0.00000101. The number of amides is 1. The summed E-state index contributed by atoms with van der Waals surface area (Å²) in [6.45, 7) is -0.0335. The number of carboxylic acid groups (broad SMARTS) is 1. The SMILES string of the molecule is COc1cccc(CC2(C(=O)NCc3n[nH]c(=O)[nH]3)CN(S(C)(=O)=O)C2)c1.O=CO. The fourth-order valence-electron chi connectivity index (χ4n) is 3.11. The molecule has 164 valence electrons. The van der Waals surface area contributed by atoms with E-state index in [1.807, 2.05) is 18.2 Å². The lowest BCUT2D eigenvalue weighted by Gasteiger charge is -2.47. The van der Waals surface area contributed by atoms with Crippen LogP contribution >= 0.6 is 0 Å². The molecular weight excluding hydrogens is 418 g/mol. The number of aromatic amines is 2. The van der Waals surface area contributed by atoms with Gasteiger partial charge in [0, 0.05) is 13.1 Å². The van der Waals surface area contributed by atoms with Crippen LogP contribution in [0.4, 0.5) is 0 Å². The van der Waals surface area contributed by atoms with E-state index in [1.165, 1.54) is 4.31 Å². The first-order valence-electron chi connectivity index (χ1n) is 8.71. The van der Waals surface area contributed by atoms with Crippen molar-refractivity contribution in [2.45, 2.75) is 13.0 Å². The van der Waals surface area contributed by atoms with Crippen LogP contribution in [0.2, 0.25) is 0 Å². The Morgan fingerprint density at radius 1 is 1.43 bits per heavy atom. The monoisotopic (exact) mass is 441 g/mol. The number of hydrogen-bond acceptors (Lipinski definition) is 7. The summed E-state index contributed by atoms with van der Waals surface area (Å²) in [6.07, 6.45) is 1.48. The third-order valence-corrected chi connectivity index (χ3v) is 5.75. The molecule has 2 heterocycles. The summed E-state index contributed by atoms with van der Waals surface area (Å²) in [5.41, 5.74) is -0.491. The normalized spacial score (nSPS) is 15.3. The molecule has 1 amide bonds. The van der Waals surface area contributed by atoms with Crippen LogP contribution in [0, 0.1) is 5.41 Å². The lowest BCUT2D eigenvalue weighted by molar-refractivity contribution is -0.137. The highest BCUT2D eigenvalue weighted by molar-refractivity contribution is 7.88. The van der Waals surface area contributed by atoms with Gasteiger partial charge in [-0.1, -0.05) is 12.1 Å². The Morgan fingerprint density at radius 2 is 2.10 bits per heavy atom. The highest BCUT2D eigenvalue weighted by atomic mass is 32.2. The van der Waals surface area contributed by atoms with Crippen LogP contribution in [0.25, 0.3) is 0 Å². The number of hydrogen-bond donors (Lipinski definition) is 4. The Bertz CT molecular complexity index is 1040. The molecule has 0 saturated carbocycles. The third kappa shape index (κ3) is 5.67. The summed E-state index contributed by atoms with van der Waals surface area (Å²) >= 11 is 0. The Hall–Kier alpha value is -3.19. The molecule has 1 saturated heterocycles. The number of sulfonamides is 1. The first-order chi connectivity index (χ1) is 14.1. The standard InChI is InChI=1S/C16H21N5O5S.CH2O2/c1-26-12-5-3-4-11(6-12)7-16(9-21(10-16)27(2,24)25)14(22)17-8-13-18-15(23)20-19-13;2-1-3/h3-6H,7-10H2,1-2H3,(H,17,22)(H2,18,19,20,23);1H,(H,2,3). The Kier molecular flexibility index (Phi) is 7.34. The third-order valence-electron chi connectivity index (χ3n) is 4.55. The molecule has 30 heavy (non-hydrogen) atoms. The van der Waals surface area contributed by atoms with Crippen molar-refractivity contribution in [1.82, 2.24) is 24.8 Å². The first-order valence-corrected chi connectivity index (χ1v) is 10.6. The van der Waals surface area contributed by atoms with E-state index < -0.39 is 21.1 Å². The molecule has 1 aliphatic rings. The molecule has 3 rings (SSSR count). The molecular formula is C17H23N5O7S. The maximum absolute atomic E-state index is 12.9. The van der Waals surface area contributed by atoms with E-state index in [0.29, 0.717) is 18.0 Å². The van der Waals surface area contributed by atoms with E-state index >= 15 is 0 Å². The summed E-state index contributed by atoms with van der Waals surface area (Å²) in [5.74, 6) is 0.662. The van der Waals surface area contributed by atoms with Crippen LogP contribution in [-0.2, 0) is 32.6 Å². The van der Waals surface area contributed by atoms with Crippen molar-refractivity contribution in [1.29, 1.82) is 0 Å². The van der Waals surface area contributed by atoms with Gasteiger partial charge in [-0.3, -0.25) is 14.6 Å². The molecule has 0 radical (unpaired) electrons. The fourth-order valence-corrected chi connectivity index (χ4v) is 4.08. The van der Waals surface area contributed by atoms with Crippen molar-refractivity contribution in [3.63, 3.8) is 0 Å². The van der Waals surface area contributed by atoms with E-state index in [1.54, 1.807) is 13.2 Å². The minimum atomic E-state index is -3.38. The molecule has 0 spiro atoms. The molecule has 0 atom stereocenters. The number of ether oxygens (including phenoxy) is 1. The zero-order chi connectivity index (χ0) is 22.4. The predicted molar refractivity (Wildman–Crippen MR) is 105 cm³/mol. The van der Waals surface area contributed by atoms with Gasteiger partial charge in [0.1, 0.15) is 11.6 Å². The van der Waals surface area contributed by atoms with Gasteiger partial charge in [-0.05, 0) is 24.1 Å². The number of aromatic nitrogens is 3. The van der Waals surface area contributed by atoms with Gasteiger partial charge >= 0.3 is 5.69 Å². The summed E-state index contributed by atoms with van der Waals surface area (Å²) in [6, 6.07) is 7.31. The number of benzene rings is 1. The molecule has 12 nitrogen and oxygen atoms in total. The summed E-state index contributed by atoms with van der Waals surface area (Å²) < 4.78 is 30.0. The number of nitrogens with zero attached hydrogens (tertiary/aromatic N) is 2. The molecule has 0 unspecified atom stereocenters. The van der Waals surface area contributed by atoms with E-state index in [4.69, 9.17) is 14.6 Å². The van der Waals surface area contributed by atoms with Crippen molar-refractivity contribution in [3.05, 3.63) is 46.1 Å². The van der Waals surface area contributed by atoms with Gasteiger partial charge in [0.2, 0.25) is 15.9 Å². The van der Waals surface area contributed by atoms with E-state index in [2.05, 4.69) is 20.5 Å². The van der Waals surface area contributed by atoms with Gasteiger partial charge in [0.15, 0.2) is 0 Å². The number of carbonyl (C=O) groups excluding carboxylic acids is 1. The smallest absolute Gasteiger partial charge is 0.340 e. The minimum absolute atomic E-state index is 0.0380. The Labute approximate surface area is 172 Å². The van der Waals surface area contributed by atoms with Crippen molar-refractivity contribution in [2.24, 2.45) is 5.41 Å². The summed E-state index contributed by atoms with van der Waals surface area (Å²) in [4.78, 5) is 34.8. The molecule has 1 aliphatic heterocycles. The van der Waals surface area contributed by atoms with Gasteiger partial charge in [-0.15, -0.1) is 0 Å². The molecule has 2 aromatic rings. The molecule has 13 heteroatoms. The van der Waals surface area contributed by atoms with Gasteiger partial charge in [-0.2, -0.15) is 9.40 Å². The zero-order valence-corrected chi connectivity index (χ0v) is 17.2. The number of methoxy groups -OCH3 is 1. The highest BCUT2D eigenvalue weighted by Crippen LogP contribution is 2.36. The van der Waals surface area contributed by atoms with Crippen LogP contribution in [0.3, 0.4) is 0 Å². The number of rotatable bonds is 7. The van der Waals surface area contributed by atoms with Crippen molar-refractivity contribution in [3.8, 4) is 5.75 Å². The molecule has 1 aromatic carbocycles. The first kappa shape index (κ1) is 23.1. The second-order valence-electron chi connectivity index (χ2n) is 6.75. The maximum atomic E-state index is 12.9. The van der Waals surface area contributed by atoms with Crippen LogP contribution in [-0.4, -0.2) is 71.8 Å². The maximum Gasteiger partial charge on any atom is 0.340 e. The largest absolute Gasteiger partial charge is 0.497 e. The van der Waals surface area contributed by atoms with Crippen molar-refractivity contribution < 1.29 is 27.9 Å². The predicted octanol–water partition coefficient (Wildman–Crippen LogP) is -1.07. The quantitative estimate of drug-likeness (QED) is 0.393. The zero-order valence-electron chi connectivity index (χ0n) is 16.4. The molecule has 1 fully saturated rings. The molecule has 0 aliphatic carbocycles. The van der Waals surface area contributed by atoms with Crippen LogP contribution < -0.4 is 15.7 Å². The van der Waals surface area contributed by atoms with Crippen molar-refractivity contribution in [2.75, 3.05) is 26.5 Å². The minimum Gasteiger partial charge on any atom is -0.497 e. The second-order valence-corrected chi connectivity index (χ2v) is 8.73. The summed E-state index contributed by atoms with van der Waals surface area (Å²) in [7, 11) is -1.82. The van der Waals surface area contributed by atoms with E-state index in [-0.39, 0.29) is 32.0 Å². The molecule has 0 bridgehead atoms. The lowest BCUT2D eigenvalue weighted by atomic mass is 9.75. The average molecular weight is 441 g/mol. The fraction of sp³-hybridized carbons (Fsp3) is 0.412. The van der Waals surface area contributed by atoms with Crippen LogP contribution in [0.5, 0.6) is 5.75 Å². The average Bonchev–Trinajstić information content (AvgIpc) is 3.07. The van der Waals surface area contributed by atoms with Gasteiger partial charge < -0.3 is 15.2 Å². The van der Waals surface area contributed by atoms with Crippen LogP contribution in [0.15, 0.2) is 29.1 Å². The molecule has 4 N–H and O–H groups in total. The summed E-state index contributed by atoms with van der Waals surface area (Å²) in [5, 5.41) is 15.6. The highest BCUT2D eigenvalue weighted by Gasteiger charge is 2.52. The van der Waals surface area contributed by atoms with E-state index in [9.17, 15) is 18.0 Å². The lowest BCUT2D eigenvalue weighted by Crippen LogP contribution is -2.65. The van der Waals surface area contributed by atoms with E-state index in [0.717, 1.165) is 11.8 Å². The Morgan fingerprint density at radius 3 is 2.63 bits per heavy atom. The molecule has 1 aromatic heterocycles. The van der Waals surface area contributed by atoms with Crippen LogP contribution in [0.1, 0.15) is 11.4 Å². The second kappa shape index (κ2) is 9.54. The number of carbonyl (C=O) groups is 2. The number of nitrogens with one attached hydrogen (secondary N) is 3.